The second kappa shape index (κ2) is 5.82. The molecule has 0 saturated carbocycles. The molecule has 2 rings (SSSR count). The predicted octanol–water partition coefficient (Wildman–Crippen LogP) is 1.64. The Hall–Kier alpha value is -1.36. The van der Waals surface area contributed by atoms with Crippen LogP contribution in [0.25, 0.3) is 0 Å². The van der Waals surface area contributed by atoms with Gasteiger partial charge in [-0.15, -0.1) is 0 Å². The van der Waals surface area contributed by atoms with Crippen molar-refractivity contribution in [2.75, 3.05) is 25.6 Å². The van der Waals surface area contributed by atoms with E-state index in [0.29, 0.717) is 12.5 Å². The molecule has 0 aliphatic carbocycles. The van der Waals surface area contributed by atoms with Crippen LogP contribution in [0, 0.1) is 0 Å². The molecule has 0 spiro atoms. The van der Waals surface area contributed by atoms with E-state index in [4.69, 9.17) is 9.47 Å². The minimum atomic E-state index is 0.215. The van der Waals surface area contributed by atoms with Gasteiger partial charge in [-0.2, -0.15) is 0 Å². The Morgan fingerprint density at radius 1 is 1.53 bits per heavy atom. The monoisotopic (exact) mass is 237 g/mol. The zero-order chi connectivity index (χ0) is 12.1. The molecule has 0 radical (unpaired) electrons. The maximum atomic E-state index is 5.74. The fourth-order valence-electron chi connectivity index (χ4n) is 2.00. The Labute approximate surface area is 102 Å². The van der Waals surface area contributed by atoms with Crippen molar-refractivity contribution in [2.45, 2.75) is 32.3 Å². The smallest absolute Gasteiger partial charge is 0.221 e. The molecule has 1 aliphatic heterocycles. The maximum absolute atomic E-state index is 5.74. The summed E-state index contributed by atoms with van der Waals surface area (Å²) in [6.45, 7) is 3.49. The van der Waals surface area contributed by atoms with Crippen molar-refractivity contribution in [1.29, 1.82) is 0 Å². The van der Waals surface area contributed by atoms with Gasteiger partial charge in [0, 0.05) is 13.7 Å². The molecular formula is C12H19N3O2. The first kappa shape index (κ1) is 12.1. The average molecular weight is 237 g/mol. The summed E-state index contributed by atoms with van der Waals surface area (Å²) >= 11 is 0. The van der Waals surface area contributed by atoms with E-state index in [2.05, 4.69) is 22.2 Å². The van der Waals surface area contributed by atoms with Gasteiger partial charge < -0.3 is 14.8 Å². The van der Waals surface area contributed by atoms with E-state index in [0.717, 1.165) is 37.3 Å². The van der Waals surface area contributed by atoms with Gasteiger partial charge in [-0.05, 0) is 19.3 Å². The van der Waals surface area contributed by atoms with E-state index in [1.807, 2.05) is 7.05 Å². The molecule has 1 aromatic heterocycles. The molecule has 1 aromatic rings. The molecule has 0 amide bonds. The quantitative estimate of drug-likeness (QED) is 0.843. The lowest BCUT2D eigenvalue weighted by Gasteiger charge is -2.14. The van der Waals surface area contributed by atoms with Crippen molar-refractivity contribution in [3.63, 3.8) is 0 Å². The van der Waals surface area contributed by atoms with E-state index in [1.54, 1.807) is 0 Å². The highest BCUT2D eigenvalue weighted by Gasteiger charge is 2.17. The van der Waals surface area contributed by atoms with Crippen LogP contribution in [0.4, 0.5) is 5.82 Å². The van der Waals surface area contributed by atoms with Crippen molar-refractivity contribution in [2.24, 2.45) is 0 Å². The van der Waals surface area contributed by atoms with Crippen molar-refractivity contribution < 1.29 is 9.47 Å². The summed E-state index contributed by atoms with van der Waals surface area (Å²) in [7, 11) is 1.85. The standard InChI is InChI=1S/C12H19N3O2/c1-3-10-11(13-2)14-8-15-12(10)17-7-9-5-4-6-16-9/h8-9H,3-7H2,1-2H3,(H,13,14,15). The summed E-state index contributed by atoms with van der Waals surface area (Å²) in [5, 5.41) is 3.05. The highest BCUT2D eigenvalue weighted by molar-refractivity contribution is 5.48. The molecule has 1 saturated heterocycles. The number of hydrogen-bond acceptors (Lipinski definition) is 5. The normalized spacial score (nSPS) is 19.3. The summed E-state index contributed by atoms with van der Waals surface area (Å²) in [6, 6.07) is 0. The molecule has 1 atom stereocenters. The van der Waals surface area contributed by atoms with E-state index >= 15 is 0 Å². The number of ether oxygens (including phenoxy) is 2. The van der Waals surface area contributed by atoms with Gasteiger partial charge in [-0.3, -0.25) is 0 Å². The first-order valence-electron chi connectivity index (χ1n) is 6.11. The van der Waals surface area contributed by atoms with Crippen molar-refractivity contribution in [1.82, 2.24) is 9.97 Å². The van der Waals surface area contributed by atoms with Crippen LogP contribution < -0.4 is 10.1 Å². The number of hydrogen-bond donors (Lipinski definition) is 1. The maximum Gasteiger partial charge on any atom is 0.221 e. The molecule has 0 bridgehead atoms. The first-order chi connectivity index (χ1) is 8.35. The van der Waals surface area contributed by atoms with Gasteiger partial charge in [0.1, 0.15) is 18.8 Å². The van der Waals surface area contributed by atoms with Crippen LogP contribution in [0.2, 0.25) is 0 Å². The van der Waals surface area contributed by atoms with Gasteiger partial charge in [-0.1, -0.05) is 6.92 Å². The molecule has 5 heteroatoms. The predicted molar refractivity (Wildman–Crippen MR) is 65.4 cm³/mol. The Balaban J connectivity index is 2.03. The van der Waals surface area contributed by atoms with Crippen LogP contribution >= 0.6 is 0 Å². The van der Waals surface area contributed by atoms with Gasteiger partial charge in [0.25, 0.3) is 0 Å². The van der Waals surface area contributed by atoms with Crippen LogP contribution in [-0.4, -0.2) is 36.3 Å². The highest BCUT2D eigenvalue weighted by Crippen LogP contribution is 2.23. The Morgan fingerprint density at radius 2 is 2.41 bits per heavy atom. The minimum Gasteiger partial charge on any atom is -0.475 e. The second-order valence-electron chi connectivity index (χ2n) is 4.06. The topological polar surface area (TPSA) is 56.3 Å². The number of rotatable bonds is 5. The van der Waals surface area contributed by atoms with Gasteiger partial charge in [0.2, 0.25) is 5.88 Å². The van der Waals surface area contributed by atoms with Crippen molar-refractivity contribution in [3.05, 3.63) is 11.9 Å². The first-order valence-corrected chi connectivity index (χ1v) is 6.11. The van der Waals surface area contributed by atoms with Gasteiger partial charge in [0.05, 0.1) is 11.7 Å². The lowest BCUT2D eigenvalue weighted by atomic mass is 10.2. The van der Waals surface area contributed by atoms with Crippen molar-refractivity contribution >= 4 is 5.82 Å². The lowest BCUT2D eigenvalue weighted by Crippen LogP contribution is -2.17. The summed E-state index contributed by atoms with van der Waals surface area (Å²) in [5.74, 6) is 1.51. The SMILES string of the molecule is CCc1c(NC)ncnc1OCC1CCCO1. The van der Waals surface area contributed by atoms with Crippen LogP contribution in [-0.2, 0) is 11.2 Å². The van der Waals surface area contributed by atoms with Crippen LogP contribution in [0.1, 0.15) is 25.3 Å². The van der Waals surface area contributed by atoms with E-state index in [-0.39, 0.29) is 6.10 Å². The van der Waals surface area contributed by atoms with Gasteiger partial charge in [0.15, 0.2) is 0 Å². The summed E-state index contributed by atoms with van der Waals surface area (Å²) in [4.78, 5) is 8.37. The Bertz CT molecular complexity index is 365. The molecule has 1 aliphatic rings. The molecule has 5 nitrogen and oxygen atoms in total. The van der Waals surface area contributed by atoms with E-state index < -0.39 is 0 Å². The third kappa shape index (κ3) is 2.85. The minimum absolute atomic E-state index is 0.215. The van der Waals surface area contributed by atoms with Crippen LogP contribution in [0.5, 0.6) is 5.88 Å². The second-order valence-corrected chi connectivity index (χ2v) is 4.06. The number of anilines is 1. The van der Waals surface area contributed by atoms with Crippen molar-refractivity contribution in [3.8, 4) is 5.88 Å². The largest absolute Gasteiger partial charge is 0.475 e. The third-order valence-corrected chi connectivity index (χ3v) is 2.93. The summed E-state index contributed by atoms with van der Waals surface area (Å²) in [5.41, 5.74) is 1.02. The molecule has 94 valence electrons. The number of nitrogens with one attached hydrogen (secondary N) is 1. The molecule has 0 aromatic carbocycles. The molecular weight excluding hydrogens is 218 g/mol. The summed E-state index contributed by atoms with van der Waals surface area (Å²) < 4.78 is 11.3. The Morgan fingerprint density at radius 3 is 3.06 bits per heavy atom. The lowest BCUT2D eigenvalue weighted by molar-refractivity contribution is 0.0659. The highest BCUT2D eigenvalue weighted by atomic mass is 16.5. The fraction of sp³-hybridized carbons (Fsp3) is 0.667. The summed E-state index contributed by atoms with van der Waals surface area (Å²) in [6.07, 6.45) is 4.78. The molecule has 2 heterocycles. The van der Waals surface area contributed by atoms with Crippen LogP contribution in [0.3, 0.4) is 0 Å². The fourth-order valence-corrected chi connectivity index (χ4v) is 2.00. The molecule has 1 fully saturated rings. The zero-order valence-electron chi connectivity index (χ0n) is 10.4. The van der Waals surface area contributed by atoms with E-state index in [1.165, 1.54) is 6.33 Å². The Kier molecular flexibility index (Phi) is 4.14. The third-order valence-electron chi connectivity index (χ3n) is 2.93. The zero-order valence-corrected chi connectivity index (χ0v) is 10.4. The van der Waals surface area contributed by atoms with E-state index in [9.17, 15) is 0 Å². The molecule has 17 heavy (non-hydrogen) atoms. The average Bonchev–Trinajstić information content (AvgIpc) is 2.88. The molecule has 1 N–H and O–H groups in total. The van der Waals surface area contributed by atoms with Gasteiger partial charge >= 0.3 is 0 Å². The van der Waals surface area contributed by atoms with Crippen LogP contribution in [0.15, 0.2) is 6.33 Å². The number of aromatic nitrogens is 2. The number of nitrogens with zero attached hydrogens (tertiary/aromatic N) is 2. The molecule has 1 unspecified atom stereocenters. The van der Waals surface area contributed by atoms with Gasteiger partial charge in [-0.25, -0.2) is 9.97 Å².